The van der Waals surface area contributed by atoms with E-state index in [4.69, 9.17) is 11.6 Å². The van der Waals surface area contributed by atoms with Gasteiger partial charge in [-0.3, -0.25) is 9.89 Å². The molecule has 0 spiro atoms. The lowest BCUT2D eigenvalue weighted by Crippen LogP contribution is -2.13. The molecule has 6 heteroatoms. The summed E-state index contributed by atoms with van der Waals surface area (Å²) >= 11 is 6.09. The second kappa shape index (κ2) is 5.99. The van der Waals surface area contributed by atoms with Gasteiger partial charge in [0.25, 0.3) is 5.91 Å². The maximum absolute atomic E-state index is 13.5. The number of hydrogen-bond acceptors (Lipinski definition) is 2. The lowest BCUT2D eigenvalue weighted by Gasteiger charge is -2.03. The van der Waals surface area contributed by atoms with Gasteiger partial charge in [0.05, 0.1) is 16.4 Å². The second-order valence-electron chi connectivity index (χ2n) is 4.58. The molecule has 22 heavy (non-hydrogen) atoms. The lowest BCUT2D eigenvalue weighted by atomic mass is 10.1. The van der Waals surface area contributed by atoms with Crippen LogP contribution in [0, 0.1) is 5.82 Å². The monoisotopic (exact) mass is 315 g/mol. The van der Waals surface area contributed by atoms with Gasteiger partial charge in [-0.15, -0.1) is 0 Å². The topological polar surface area (TPSA) is 57.8 Å². The standard InChI is InChI=1S/C16H11ClFN3O/c17-11-6-2-1-5-10(11)14-9-15(21-20-14)16(22)19-13-8-4-3-7-12(13)18/h1-9H,(H,19,22)(H,20,21). The van der Waals surface area contributed by atoms with Crippen molar-refractivity contribution in [3.63, 3.8) is 0 Å². The highest BCUT2D eigenvalue weighted by molar-refractivity contribution is 6.33. The van der Waals surface area contributed by atoms with Gasteiger partial charge in [-0.25, -0.2) is 4.39 Å². The number of hydrogen-bond donors (Lipinski definition) is 2. The summed E-state index contributed by atoms with van der Waals surface area (Å²) < 4.78 is 13.5. The summed E-state index contributed by atoms with van der Waals surface area (Å²) in [6.07, 6.45) is 0. The Morgan fingerprint density at radius 1 is 1.14 bits per heavy atom. The Kier molecular flexibility index (Phi) is 3.89. The molecule has 0 saturated carbocycles. The fourth-order valence-electron chi connectivity index (χ4n) is 2.00. The molecule has 0 aliphatic heterocycles. The van der Waals surface area contributed by atoms with E-state index in [1.807, 2.05) is 12.1 Å². The van der Waals surface area contributed by atoms with Crippen LogP contribution in [0.4, 0.5) is 10.1 Å². The number of nitrogens with one attached hydrogen (secondary N) is 2. The van der Waals surface area contributed by atoms with E-state index in [1.54, 1.807) is 30.3 Å². The van der Waals surface area contributed by atoms with Crippen LogP contribution >= 0.6 is 11.6 Å². The fraction of sp³-hybridized carbons (Fsp3) is 0. The number of anilines is 1. The predicted molar refractivity (Wildman–Crippen MR) is 83.4 cm³/mol. The van der Waals surface area contributed by atoms with Crippen molar-refractivity contribution in [1.29, 1.82) is 0 Å². The summed E-state index contributed by atoms with van der Waals surface area (Å²) in [6, 6.07) is 14.7. The summed E-state index contributed by atoms with van der Waals surface area (Å²) in [5.74, 6) is -0.974. The minimum atomic E-state index is -0.498. The van der Waals surface area contributed by atoms with Gasteiger partial charge in [-0.2, -0.15) is 5.10 Å². The number of rotatable bonds is 3. The predicted octanol–water partition coefficient (Wildman–Crippen LogP) is 4.12. The van der Waals surface area contributed by atoms with Crippen LogP contribution in [0.25, 0.3) is 11.3 Å². The Balaban J connectivity index is 1.84. The van der Waals surface area contributed by atoms with E-state index in [1.165, 1.54) is 12.1 Å². The first-order valence-electron chi connectivity index (χ1n) is 6.51. The normalized spacial score (nSPS) is 10.5. The molecule has 0 unspecified atom stereocenters. The number of aromatic amines is 1. The zero-order valence-electron chi connectivity index (χ0n) is 11.3. The summed E-state index contributed by atoms with van der Waals surface area (Å²) in [5, 5.41) is 9.72. The SMILES string of the molecule is O=C(Nc1ccccc1F)c1cc(-c2ccccc2Cl)n[nH]1. The third kappa shape index (κ3) is 2.84. The number of nitrogens with zero attached hydrogens (tertiary/aromatic N) is 1. The van der Waals surface area contributed by atoms with Crippen LogP contribution in [0.3, 0.4) is 0 Å². The molecule has 3 aromatic rings. The van der Waals surface area contributed by atoms with Crippen molar-refractivity contribution in [2.45, 2.75) is 0 Å². The largest absolute Gasteiger partial charge is 0.318 e. The average Bonchev–Trinajstić information content (AvgIpc) is 3.00. The summed E-state index contributed by atoms with van der Waals surface area (Å²) in [7, 11) is 0. The second-order valence-corrected chi connectivity index (χ2v) is 4.99. The number of aromatic nitrogens is 2. The molecule has 0 bridgehead atoms. The van der Waals surface area contributed by atoms with Crippen molar-refractivity contribution in [3.05, 3.63) is 71.1 Å². The summed E-state index contributed by atoms with van der Waals surface area (Å²) in [5.41, 5.74) is 1.59. The van der Waals surface area contributed by atoms with E-state index >= 15 is 0 Å². The van der Waals surface area contributed by atoms with Crippen LogP contribution < -0.4 is 5.32 Å². The van der Waals surface area contributed by atoms with Gasteiger partial charge in [-0.05, 0) is 24.3 Å². The van der Waals surface area contributed by atoms with Crippen LogP contribution in [0.5, 0.6) is 0 Å². The fourth-order valence-corrected chi connectivity index (χ4v) is 2.23. The number of benzene rings is 2. The Hall–Kier alpha value is -2.66. The molecule has 2 N–H and O–H groups in total. The molecule has 0 aliphatic rings. The molecule has 0 radical (unpaired) electrons. The molecule has 0 aliphatic carbocycles. The number of carbonyl (C=O) groups is 1. The Morgan fingerprint density at radius 3 is 2.64 bits per heavy atom. The average molecular weight is 316 g/mol. The van der Waals surface area contributed by atoms with E-state index in [0.717, 1.165) is 0 Å². The van der Waals surface area contributed by atoms with Gasteiger partial charge in [0, 0.05) is 5.56 Å². The van der Waals surface area contributed by atoms with Gasteiger partial charge < -0.3 is 5.32 Å². The van der Waals surface area contributed by atoms with Crippen LogP contribution in [0.1, 0.15) is 10.5 Å². The Bertz CT molecular complexity index is 832. The van der Waals surface area contributed by atoms with Crippen molar-refractivity contribution in [3.8, 4) is 11.3 Å². The van der Waals surface area contributed by atoms with Gasteiger partial charge in [0.15, 0.2) is 0 Å². The molecule has 1 heterocycles. The van der Waals surface area contributed by atoms with Gasteiger partial charge in [0.1, 0.15) is 11.5 Å². The quantitative estimate of drug-likeness (QED) is 0.763. The number of H-pyrrole nitrogens is 1. The number of halogens is 2. The van der Waals surface area contributed by atoms with E-state index in [9.17, 15) is 9.18 Å². The highest BCUT2D eigenvalue weighted by atomic mass is 35.5. The van der Waals surface area contributed by atoms with Crippen molar-refractivity contribution in [2.24, 2.45) is 0 Å². The first kappa shape index (κ1) is 14.3. The van der Waals surface area contributed by atoms with E-state index in [0.29, 0.717) is 16.3 Å². The highest BCUT2D eigenvalue weighted by Crippen LogP contribution is 2.26. The van der Waals surface area contributed by atoms with Gasteiger partial charge >= 0.3 is 0 Å². The van der Waals surface area contributed by atoms with Crippen LogP contribution in [0.15, 0.2) is 54.6 Å². The van der Waals surface area contributed by atoms with E-state index in [2.05, 4.69) is 15.5 Å². The van der Waals surface area contributed by atoms with E-state index in [-0.39, 0.29) is 11.4 Å². The van der Waals surface area contributed by atoms with Crippen LogP contribution in [-0.2, 0) is 0 Å². The van der Waals surface area contributed by atoms with Crippen LogP contribution in [-0.4, -0.2) is 16.1 Å². The highest BCUT2D eigenvalue weighted by Gasteiger charge is 2.14. The molecular weight excluding hydrogens is 305 g/mol. The number of carbonyl (C=O) groups excluding carboxylic acids is 1. The van der Waals surface area contributed by atoms with Gasteiger partial charge in [-0.1, -0.05) is 41.9 Å². The number of para-hydroxylation sites is 1. The van der Waals surface area contributed by atoms with Crippen molar-refractivity contribution in [1.82, 2.24) is 10.2 Å². The molecule has 110 valence electrons. The molecule has 2 aromatic carbocycles. The molecule has 0 atom stereocenters. The number of amides is 1. The first-order chi connectivity index (χ1) is 10.6. The minimum Gasteiger partial charge on any atom is -0.318 e. The molecule has 1 aromatic heterocycles. The summed E-state index contributed by atoms with van der Waals surface area (Å²) in [6.45, 7) is 0. The molecule has 1 amide bonds. The molecule has 4 nitrogen and oxygen atoms in total. The molecule has 0 fully saturated rings. The van der Waals surface area contributed by atoms with Crippen molar-refractivity contribution < 1.29 is 9.18 Å². The van der Waals surface area contributed by atoms with E-state index < -0.39 is 11.7 Å². The first-order valence-corrected chi connectivity index (χ1v) is 6.89. The summed E-state index contributed by atoms with van der Waals surface area (Å²) in [4.78, 5) is 12.1. The van der Waals surface area contributed by atoms with Gasteiger partial charge in [0.2, 0.25) is 0 Å². The molecule has 3 rings (SSSR count). The zero-order chi connectivity index (χ0) is 15.5. The van der Waals surface area contributed by atoms with Crippen molar-refractivity contribution >= 4 is 23.2 Å². The minimum absolute atomic E-state index is 0.112. The lowest BCUT2D eigenvalue weighted by molar-refractivity contribution is 0.102. The third-order valence-electron chi connectivity index (χ3n) is 3.09. The Labute approximate surface area is 130 Å². The zero-order valence-corrected chi connectivity index (χ0v) is 12.1. The smallest absolute Gasteiger partial charge is 0.273 e. The van der Waals surface area contributed by atoms with Crippen molar-refractivity contribution in [2.75, 3.05) is 5.32 Å². The van der Waals surface area contributed by atoms with Crippen LogP contribution in [0.2, 0.25) is 5.02 Å². The maximum Gasteiger partial charge on any atom is 0.273 e. The Morgan fingerprint density at radius 2 is 1.86 bits per heavy atom. The molecule has 0 saturated heterocycles. The maximum atomic E-state index is 13.5. The third-order valence-corrected chi connectivity index (χ3v) is 3.42. The molecular formula is C16H11ClFN3O.